The maximum atomic E-state index is 14.0. The van der Waals surface area contributed by atoms with Crippen LogP contribution in [0.3, 0.4) is 0 Å². The van der Waals surface area contributed by atoms with Crippen molar-refractivity contribution in [3.05, 3.63) is 52.4 Å². The Balaban J connectivity index is 1.56. The molecule has 0 spiro atoms. The number of rotatable bonds is 4. The van der Waals surface area contributed by atoms with E-state index in [0.29, 0.717) is 5.75 Å². The van der Waals surface area contributed by atoms with E-state index in [0.717, 1.165) is 6.07 Å². The first-order valence-corrected chi connectivity index (χ1v) is 11.1. The Morgan fingerprint density at radius 2 is 1.68 bits per heavy atom. The lowest BCUT2D eigenvalue weighted by Gasteiger charge is -2.39. The normalized spacial score (nSPS) is 25.8. The SMILES string of the molecule is O=c1c(-c2ccc3c(c2)OCCO3)c(C(F)(F)F)oc2cc(O[C@@H]3O[C@@H](CO)[C@@H](O)[C@@H](O)[C@@H]3O)ccc12. The molecule has 198 valence electrons. The average Bonchev–Trinajstić information content (AvgIpc) is 2.88. The first kappa shape index (κ1) is 25.3. The van der Waals surface area contributed by atoms with Gasteiger partial charge in [-0.1, -0.05) is 6.07 Å². The van der Waals surface area contributed by atoms with Crippen LogP contribution in [0.4, 0.5) is 13.2 Å². The van der Waals surface area contributed by atoms with Crippen LogP contribution >= 0.6 is 0 Å². The summed E-state index contributed by atoms with van der Waals surface area (Å²) in [6.45, 7) is -0.215. The minimum atomic E-state index is -5.04. The van der Waals surface area contributed by atoms with Crippen molar-refractivity contribution in [2.45, 2.75) is 36.9 Å². The van der Waals surface area contributed by atoms with Crippen LogP contribution in [0.2, 0.25) is 0 Å². The second-order valence-corrected chi connectivity index (χ2v) is 8.46. The monoisotopic (exact) mass is 526 g/mol. The van der Waals surface area contributed by atoms with Crippen LogP contribution < -0.4 is 19.6 Å². The van der Waals surface area contributed by atoms with Gasteiger partial charge in [0.2, 0.25) is 17.5 Å². The lowest BCUT2D eigenvalue weighted by atomic mass is 9.99. The second-order valence-electron chi connectivity index (χ2n) is 8.46. The van der Waals surface area contributed by atoms with E-state index < -0.39 is 65.8 Å². The summed E-state index contributed by atoms with van der Waals surface area (Å²) in [5.74, 6) is -1.17. The second kappa shape index (κ2) is 9.50. The Hall–Kier alpha value is -3.36. The molecular weight excluding hydrogens is 505 g/mol. The van der Waals surface area contributed by atoms with Gasteiger partial charge in [0.1, 0.15) is 49.0 Å². The number of aliphatic hydroxyl groups is 4. The van der Waals surface area contributed by atoms with Crippen LogP contribution in [0.15, 0.2) is 45.6 Å². The van der Waals surface area contributed by atoms with Gasteiger partial charge in [-0.3, -0.25) is 4.79 Å². The molecule has 1 fully saturated rings. The van der Waals surface area contributed by atoms with Gasteiger partial charge in [0.15, 0.2) is 11.5 Å². The molecule has 1 saturated heterocycles. The minimum Gasteiger partial charge on any atom is -0.486 e. The molecule has 2 aliphatic rings. The van der Waals surface area contributed by atoms with Gasteiger partial charge in [-0.2, -0.15) is 13.2 Å². The third kappa shape index (κ3) is 4.60. The van der Waals surface area contributed by atoms with E-state index in [1.165, 1.54) is 30.3 Å². The first-order valence-electron chi connectivity index (χ1n) is 11.1. The molecule has 3 heterocycles. The Bertz CT molecular complexity index is 1370. The standard InChI is InChI=1S/C24H21F3O10/c25-24(26,27)22-17(10-1-4-13-15(7-10)34-6-5-33-13)18(29)12-3-2-11(8-14(12)36-22)35-23-21(32)20(31)19(30)16(9-28)37-23/h1-4,7-8,16,19-21,23,28,30-32H,5-6,9H2/t16-,19+,20+,21-,23+/m0/s1. The number of aliphatic hydroxyl groups excluding tert-OH is 4. The summed E-state index contributed by atoms with van der Waals surface area (Å²) in [4.78, 5) is 13.3. The lowest BCUT2D eigenvalue weighted by Crippen LogP contribution is -2.60. The number of hydrogen-bond donors (Lipinski definition) is 4. The number of fused-ring (bicyclic) bond motifs is 2. The van der Waals surface area contributed by atoms with Crippen molar-refractivity contribution in [1.82, 2.24) is 0 Å². The van der Waals surface area contributed by atoms with E-state index in [-0.39, 0.29) is 35.7 Å². The van der Waals surface area contributed by atoms with Crippen LogP contribution in [0.1, 0.15) is 5.76 Å². The van der Waals surface area contributed by atoms with Crippen LogP contribution in [0.5, 0.6) is 17.2 Å². The fraction of sp³-hybridized carbons (Fsp3) is 0.375. The van der Waals surface area contributed by atoms with Crippen molar-refractivity contribution in [1.29, 1.82) is 0 Å². The van der Waals surface area contributed by atoms with Crippen molar-refractivity contribution < 1.29 is 57.0 Å². The summed E-state index contributed by atoms with van der Waals surface area (Å²) in [5.41, 5.74) is -2.20. The first-order chi connectivity index (χ1) is 17.6. The third-order valence-corrected chi connectivity index (χ3v) is 6.05. The highest BCUT2D eigenvalue weighted by Gasteiger charge is 2.45. The Kier molecular flexibility index (Phi) is 6.50. The molecule has 1 aromatic heterocycles. The zero-order chi connectivity index (χ0) is 26.5. The van der Waals surface area contributed by atoms with E-state index in [2.05, 4.69) is 0 Å². The number of halogens is 3. The number of alkyl halides is 3. The van der Waals surface area contributed by atoms with Crippen molar-refractivity contribution in [3.8, 4) is 28.4 Å². The largest absolute Gasteiger partial charge is 0.486 e. The number of ether oxygens (including phenoxy) is 4. The zero-order valence-electron chi connectivity index (χ0n) is 18.8. The van der Waals surface area contributed by atoms with E-state index in [1.807, 2.05) is 0 Å². The molecule has 2 aliphatic heterocycles. The molecule has 37 heavy (non-hydrogen) atoms. The molecule has 3 aromatic rings. The van der Waals surface area contributed by atoms with Gasteiger partial charge in [-0.25, -0.2) is 0 Å². The topological polar surface area (TPSA) is 148 Å². The molecule has 13 heteroatoms. The van der Waals surface area contributed by atoms with Crippen molar-refractivity contribution in [3.63, 3.8) is 0 Å². The van der Waals surface area contributed by atoms with Crippen LogP contribution in [-0.4, -0.2) is 71.0 Å². The van der Waals surface area contributed by atoms with E-state index in [9.17, 15) is 38.4 Å². The minimum absolute atomic E-state index is 0.0751. The molecule has 0 unspecified atom stereocenters. The summed E-state index contributed by atoms with van der Waals surface area (Å²) >= 11 is 0. The Labute approximate surface area is 206 Å². The molecule has 0 radical (unpaired) electrons. The quantitative estimate of drug-likeness (QED) is 0.394. The molecule has 10 nitrogen and oxygen atoms in total. The maximum absolute atomic E-state index is 14.0. The molecule has 2 aromatic carbocycles. The van der Waals surface area contributed by atoms with Gasteiger partial charge in [0.25, 0.3) is 0 Å². The van der Waals surface area contributed by atoms with E-state index in [1.54, 1.807) is 0 Å². The summed E-state index contributed by atoms with van der Waals surface area (Å²) in [6, 6.07) is 7.41. The van der Waals surface area contributed by atoms with Gasteiger partial charge in [-0.05, 0) is 29.8 Å². The lowest BCUT2D eigenvalue weighted by molar-refractivity contribution is -0.277. The van der Waals surface area contributed by atoms with Crippen molar-refractivity contribution in [2.24, 2.45) is 0 Å². The third-order valence-electron chi connectivity index (χ3n) is 6.05. The molecule has 4 N–H and O–H groups in total. The molecule has 0 saturated carbocycles. The van der Waals surface area contributed by atoms with Crippen molar-refractivity contribution >= 4 is 11.0 Å². The Morgan fingerprint density at radius 3 is 2.38 bits per heavy atom. The molecule has 0 amide bonds. The maximum Gasteiger partial charge on any atom is 0.450 e. The summed E-state index contributed by atoms with van der Waals surface area (Å²) in [7, 11) is 0. The number of hydrogen-bond acceptors (Lipinski definition) is 10. The van der Waals surface area contributed by atoms with Crippen LogP contribution in [0, 0.1) is 0 Å². The highest BCUT2D eigenvalue weighted by atomic mass is 19.4. The summed E-state index contributed by atoms with van der Waals surface area (Å²) in [6.07, 6.45) is -13.0. The molecule has 5 rings (SSSR count). The molecule has 0 aliphatic carbocycles. The van der Waals surface area contributed by atoms with Crippen LogP contribution in [-0.2, 0) is 10.9 Å². The highest BCUT2D eigenvalue weighted by Crippen LogP contribution is 2.41. The molecular formula is C24H21F3O10. The summed E-state index contributed by atoms with van der Waals surface area (Å²) < 4.78 is 68.7. The smallest absolute Gasteiger partial charge is 0.450 e. The predicted octanol–water partition coefficient (Wildman–Crippen LogP) is 1.43. The van der Waals surface area contributed by atoms with Crippen molar-refractivity contribution in [2.75, 3.05) is 19.8 Å². The zero-order valence-corrected chi connectivity index (χ0v) is 18.8. The summed E-state index contributed by atoms with van der Waals surface area (Å²) in [5, 5.41) is 39.1. The average molecular weight is 526 g/mol. The predicted molar refractivity (Wildman–Crippen MR) is 118 cm³/mol. The van der Waals surface area contributed by atoms with Gasteiger partial charge in [0.05, 0.1) is 17.6 Å². The molecule has 0 bridgehead atoms. The molecule has 5 atom stereocenters. The number of benzene rings is 2. The fourth-order valence-corrected chi connectivity index (χ4v) is 4.21. The van der Waals surface area contributed by atoms with E-state index >= 15 is 0 Å². The van der Waals surface area contributed by atoms with E-state index in [4.69, 9.17) is 23.4 Å². The Morgan fingerprint density at radius 1 is 0.946 bits per heavy atom. The van der Waals surface area contributed by atoms with Gasteiger partial charge >= 0.3 is 6.18 Å². The van der Waals surface area contributed by atoms with Gasteiger partial charge < -0.3 is 43.8 Å². The van der Waals surface area contributed by atoms with Crippen LogP contribution in [0.25, 0.3) is 22.1 Å². The fourth-order valence-electron chi connectivity index (χ4n) is 4.21. The highest BCUT2D eigenvalue weighted by molar-refractivity contribution is 5.84. The van der Waals surface area contributed by atoms with Gasteiger partial charge in [0, 0.05) is 6.07 Å². The van der Waals surface area contributed by atoms with Gasteiger partial charge in [-0.15, -0.1) is 0 Å².